The fourth-order valence-corrected chi connectivity index (χ4v) is 9.18. The predicted octanol–water partition coefficient (Wildman–Crippen LogP) is 5.41. The second kappa shape index (κ2) is 7.37. The summed E-state index contributed by atoms with van der Waals surface area (Å²) < 4.78 is 0. The van der Waals surface area contributed by atoms with Gasteiger partial charge in [-0.05, 0) is 111 Å². The van der Waals surface area contributed by atoms with Gasteiger partial charge in [0.05, 0.1) is 5.60 Å². The number of benzene rings is 1. The first-order valence-electron chi connectivity index (χ1n) is 13.2. The molecule has 4 saturated carbocycles. The summed E-state index contributed by atoms with van der Waals surface area (Å²) in [6, 6.07) is 7.84. The van der Waals surface area contributed by atoms with Gasteiger partial charge in [0.15, 0.2) is 5.78 Å². The summed E-state index contributed by atoms with van der Waals surface area (Å²) in [5.41, 5.74) is 1.73. The van der Waals surface area contributed by atoms with Gasteiger partial charge in [0.2, 0.25) is 0 Å². The van der Waals surface area contributed by atoms with E-state index in [1.807, 2.05) is 31.2 Å². The fraction of sp³-hybridized carbons (Fsp3) is 0.750. The van der Waals surface area contributed by atoms with Crippen molar-refractivity contribution in [2.45, 2.75) is 90.7 Å². The van der Waals surface area contributed by atoms with Crippen molar-refractivity contribution >= 4 is 16.8 Å². The third kappa shape index (κ3) is 3.32. The predicted molar refractivity (Wildman–Crippen MR) is 128 cm³/mol. The minimum absolute atomic E-state index is 0.119. The molecule has 0 amide bonds. The Hall–Kier alpha value is -1.75. The van der Waals surface area contributed by atoms with Crippen LogP contribution in [-0.2, 0) is 11.3 Å². The number of aliphatic hydroxyl groups is 1. The van der Waals surface area contributed by atoms with Crippen LogP contribution in [-0.4, -0.2) is 31.5 Å². The van der Waals surface area contributed by atoms with Crippen LogP contribution in [0.4, 0.5) is 0 Å². The Morgan fingerprint density at radius 1 is 0.939 bits per heavy atom. The number of Topliss-reactive ketones (excluding diaryl/α,β-unsaturated/α-hetero) is 1. The molecule has 178 valence electrons. The highest BCUT2D eigenvalue weighted by Gasteiger charge is 2.61. The molecule has 0 bridgehead atoms. The summed E-state index contributed by atoms with van der Waals surface area (Å²) in [5.74, 6) is 3.29. The molecule has 1 heterocycles. The van der Waals surface area contributed by atoms with Crippen molar-refractivity contribution in [3.8, 4) is 0 Å². The van der Waals surface area contributed by atoms with Crippen molar-refractivity contribution in [2.24, 2.45) is 40.4 Å². The van der Waals surface area contributed by atoms with E-state index in [0.29, 0.717) is 29.6 Å². The summed E-state index contributed by atoms with van der Waals surface area (Å²) in [7, 11) is 0. The third-order valence-electron chi connectivity index (χ3n) is 11.0. The molecular weight excluding hydrogens is 410 g/mol. The third-order valence-corrected chi connectivity index (χ3v) is 11.0. The fourth-order valence-electron chi connectivity index (χ4n) is 9.18. The van der Waals surface area contributed by atoms with E-state index >= 15 is 0 Å². The van der Waals surface area contributed by atoms with Crippen molar-refractivity contribution in [2.75, 3.05) is 0 Å². The first-order chi connectivity index (χ1) is 15.7. The lowest BCUT2D eigenvalue weighted by Crippen LogP contribution is -2.55. The minimum Gasteiger partial charge on any atom is -0.390 e. The van der Waals surface area contributed by atoms with Gasteiger partial charge in [0, 0.05) is 5.92 Å². The largest absolute Gasteiger partial charge is 0.390 e. The quantitative estimate of drug-likeness (QED) is 0.680. The second-order valence-electron chi connectivity index (χ2n) is 12.7. The maximum atomic E-state index is 13.5. The first kappa shape index (κ1) is 21.8. The molecule has 1 aromatic carbocycles. The second-order valence-corrected chi connectivity index (χ2v) is 12.7. The van der Waals surface area contributed by atoms with Gasteiger partial charge < -0.3 is 5.11 Å². The van der Waals surface area contributed by atoms with Crippen molar-refractivity contribution in [1.29, 1.82) is 0 Å². The maximum Gasteiger partial charge on any atom is 0.159 e. The number of hydrogen-bond donors (Lipinski definition) is 1. The zero-order chi connectivity index (χ0) is 23.0. The molecule has 4 aliphatic carbocycles. The van der Waals surface area contributed by atoms with Gasteiger partial charge in [0.25, 0.3) is 0 Å². The average Bonchev–Trinajstić information content (AvgIpc) is 3.34. The van der Waals surface area contributed by atoms with Crippen LogP contribution >= 0.6 is 0 Å². The molecule has 0 aliphatic heterocycles. The monoisotopic (exact) mass is 449 g/mol. The van der Waals surface area contributed by atoms with E-state index in [1.54, 1.807) is 4.80 Å². The summed E-state index contributed by atoms with van der Waals surface area (Å²) in [4.78, 5) is 15.2. The molecular formula is C28H39N3O2. The van der Waals surface area contributed by atoms with Crippen LogP contribution in [0.15, 0.2) is 24.3 Å². The Kier molecular flexibility index (Phi) is 4.86. The summed E-state index contributed by atoms with van der Waals surface area (Å²) in [5, 5.41) is 19.8. The standard InChI is InChI=1S/C28H39N3O2/c1-26(33)14-15-27(2)18(16-26)8-9-19-20-10-11-22(28(20,3)13-12-21(19)27)25(32)17-31-29-23-6-4-5-7-24(23)30-31/h4-7,18-22,33H,8-17H2,1-3H3/t18-,19-,20-,21-,22+,26+,27-,28-/m0/s1. The van der Waals surface area contributed by atoms with Crippen LogP contribution in [0.5, 0.6) is 0 Å². The van der Waals surface area contributed by atoms with Crippen LogP contribution in [0.25, 0.3) is 11.0 Å². The molecule has 6 rings (SSSR count). The topological polar surface area (TPSA) is 68.0 Å². The molecule has 5 heteroatoms. The Morgan fingerprint density at radius 3 is 2.36 bits per heavy atom. The number of carbonyl (C=O) groups is 1. The number of rotatable bonds is 3. The van der Waals surface area contributed by atoms with E-state index in [1.165, 1.54) is 32.1 Å². The number of hydrogen-bond acceptors (Lipinski definition) is 4. The Bertz CT molecular complexity index is 1040. The smallest absolute Gasteiger partial charge is 0.159 e. The molecule has 8 atom stereocenters. The lowest BCUT2D eigenvalue weighted by molar-refractivity contribution is -0.151. The van der Waals surface area contributed by atoms with Gasteiger partial charge in [-0.25, -0.2) is 0 Å². The lowest BCUT2D eigenvalue weighted by atomic mass is 9.44. The molecule has 5 nitrogen and oxygen atoms in total. The van der Waals surface area contributed by atoms with E-state index in [4.69, 9.17) is 0 Å². The molecule has 1 N–H and O–H groups in total. The van der Waals surface area contributed by atoms with Crippen LogP contribution in [0.1, 0.15) is 78.6 Å². The van der Waals surface area contributed by atoms with Crippen molar-refractivity contribution in [1.82, 2.24) is 15.0 Å². The number of nitrogens with zero attached hydrogens (tertiary/aromatic N) is 3. The van der Waals surface area contributed by atoms with Crippen LogP contribution in [0.3, 0.4) is 0 Å². The molecule has 0 radical (unpaired) electrons. The molecule has 0 spiro atoms. The van der Waals surface area contributed by atoms with E-state index < -0.39 is 5.60 Å². The summed E-state index contributed by atoms with van der Waals surface area (Å²) in [6.07, 6.45) is 10.3. The van der Waals surface area contributed by atoms with Crippen LogP contribution in [0.2, 0.25) is 0 Å². The van der Waals surface area contributed by atoms with E-state index in [0.717, 1.165) is 48.6 Å². The SMILES string of the molecule is C[C@@]1(O)CC[C@@]2(C)[C@@H](CC[C@@H]3[C@@H]2CC[C@]2(C)[C@@H](C(=O)Cn4nc5ccccc5n4)CC[C@@H]32)C1. The molecule has 2 aromatic rings. The van der Waals surface area contributed by atoms with Crippen LogP contribution < -0.4 is 0 Å². The molecule has 0 unspecified atom stereocenters. The van der Waals surface area contributed by atoms with Gasteiger partial charge in [-0.2, -0.15) is 15.0 Å². The van der Waals surface area contributed by atoms with Crippen molar-refractivity contribution in [3.63, 3.8) is 0 Å². The number of carbonyl (C=O) groups excluding carboxylic acids is 1. The Balaban J connectivity index is 1.21. The number of ketones is 1. The van der Waals surface area contributed by atoms with E-state index in [9.17, 15) is 9.90 Å². The lowest BCUT2D eigenvalue weighted by Gasteiger charge is -2.61. The molecule has 33 heavy (non-hydrogen) atoms. The van der Waals surface area contributed by atoms with Gasteiger partial charge in [-0.3, -0.25) is 4.79 Å². The average molecular weight is 450 g/mol. The molecule has 1 aromatic heterocycles. The number of aromatic nitrogens is 3. The molecule has 4 fully saturated rings. The van der Waals surface area contributed by atoms with E-state index in [2.05, 4.69) is 24.0 Å². The molecule has 0 saturated heterocycles. The maximum absolute atomic E-state index is 13.5. The van der Waals surface area contributed by atoms with Gasteiger partial charge in [-0.15, -0.1) is 0 Å². The van der Waals surface area contributed by atoms with Gasteiger partial charge >= 0.3 is 0 Å². The van der Waals surface area contributed by atoms with Gasteiger partial charge in [-0.1, -0.05) is 26.0 Å². The highest BCUT2D eigenvalue weighted by molar-refractivity contribution is 5.82. The molecule has 4 aliphatic rings. The highest BCUT2D eigenvalue weighted by atomic mass is 16.3. The zero-order valence-electron chi connectivity index (χ0n) is 20.5. The normalized spacial score (nSPS) is 44.8. The van der Waals surface area contributed by atoms with Crippen molar-refractivity contribution in [3.05, 3.63) is 24.3 Å². The van der Waals surface area contributed by atoms with E-state index in [-0.39, 0.29) is 11.3 Å². The van der Waals surface area contributed by atoms with Gasteiger partial charge in [0.1, 0.15) is 17.6 Å². The zero-order valence-corrected chi connectivity index (χ0v) is 20.5. The Labute approximate surface area is 197 Å². The minimum atomic E-state index is -0.476. The van der Waals surface area contributed by atoms with Crippen molar-refractivity contribution < 1.29 is 9.90 Å². The summed E-state index contributed by atoms with van der Waals surface area (Å²) in [6.45, 7) is 7.31. The highest BCUT2D eigenvalue weighted by Crippen LogP contribution is 2.68. The first-order valence-corrected chi connectivity index (χ1v) is 13.2. The number of fused-ring (bicyclic) bond motifs is 6. The van der Waals surface area contributed by atoms with Crippen LogP contribution in [0, 0.1) is 40.4 Å². The summed E-state index contributed by atoms with van der Waals surface area (Å²) >= 11 is 0. The Morgan fingerprint density at radius 2 is 1.64 bits per heavy atom.